The summed E-state index contributed by atoms with van der Waals surface area (Å²) >= 11 is 17.2. The molecule has 0 aromatic heterocycles. The lowest BCUT2D eigenvalue weighted by Crippen LogP contribution is -2.32. The summed E-state index contributed by atoms with van der Waals surface area (Å²) in [5, 5.41) is 1.37. The van der Waals surface area contributed by atoms with Crippen LogP contribution >= 0.6 is 35.4 Å². The molecule has 2 nitrogen and oxygen atoms in total. The molecule has 2 N–H and O–H groups in total. The van der Waals surface area contributed by atoms with E-state index in [2.05, 4.69) is 11.8 Å². The van der Waals surface area contributed by atoms with Crippen molar-refractivity contribution < 1.29 is 0 Å². The Hall–Kier alpha value is -0.350. The van der Waals surface area contributed by atoms with Gasteiger partial charge in [0.05, 0.1) is 4.99 Å². The molecule has 0 aliphatic heterocycles. The minimum Gasteiger partial charge on any atom is -0.393 e. The van der Waals surface area contributed by atoms with E-state index in [9.17, 15) is 0 Å². The largest absolute Gasteiger partial charge is 0.393 e. The second-order valence-corrected chi connectivity index (χ2v) is 5.47. The molecule has 0 bridgehead atoms. The van der Waals surface area contributed by atoms with Crippen molar-refractivity contribution in [3.63, 3.8) is 0 Å². The molecule has 0 saturated heterocycles. The molecule has 5 heteroatoms. The molecule has 0 fully saturated rings. The highest BCUT2D eigenvalue weighted by Crippen LogP contribution is 2.26. The van der Waals surface area contributed by atoms with Gasteiger partial charge in [0.15, 0.2) is 0 Å². The quantitative estimate of drug-likeness (QED) is 0.842. The van der Waals surface area contributed by atoms with Gasteiger partial charge < -0.3 is 5.73 Å². The first-order valence-electron chi connectivity index (χ1n) is 5.33. The lowest BCUT2D eigenvalue weighted by atomic mass is 10.1. The first-order valence-corrected chi connectivity index (χ1v) is 6.49. The molecule has 94 valence electrons. The fourth-order valence-electron chi connectivity index (χ4n) is 1.54. The molecule has 0 heterocycles. The molecule has 1 rings (SSSR count). The van der Waals surface area contributed by atoms with Gasteiger partial charge in [-0.2, -0.15) is 0 Å². The van der Waals surface area contributed by atoms with Crippen LogP contribution in [0.15, 0.2) is 18.2 Å². The van der Waals surface area contributed by atoms with Gasteiger partial charge in [0.2, 0.25) is 0 Å². The molecular formula is C12H16Cl2N2S. The van der Waals surface area contributed by atoms with Crippen LogP contribution in [-0.2, 0) is 6.54 Å². The number of hydrogen-bond donors (Lipinski definition) is 1. The number of benzene rings is 1. The fourth-order valence-corrected chi connectivity index (χ4v) is 2.29. The number of nitrogens with zero attached hydrogens (tertiary/aromatic N) is 1. The van der Waals surface area contributed by atoms with E-state index in [-0.39, 0.29) is 6.04 Å². The van der Waals surface area contributed by atoms with E-state index in [0.717, 1.165) is 5.56 Å². The summed E-state index contributed by atoms with van der Waals surface area (Å²) in [7, 11) is 2.00. The minimum absolute atomic E-state index is 0.264. The number of halogens is 2. The van der Waals surface area contributed by atoms with E-state index in [1.54, 1.807) is 0 Å². The molecule has 0 aliphatic carbocycles. The SMILES string of the molecule is CC(CC(N)=S)N(C)Cc1c(Cl)cccc1Cl. The molecular weight excluding hydrogens is 275 g/mol. The minimum atomic E-state index is 0.264. The zero-order chi connectivity index (χ0) is 13.0. The fraction of sp³-hybridized carbons (Fsp3) is 0.417. The second kappa shape index (κ2) is 6.55. The third kappa shape index (κ3) is 4.43. The van der Waals surface area contributed by atoms with Crippen LogP contribution in [0.25, 0.3) is 0 Å². The van der Waals surface area contributed by atoms with E-state index in [1.165, 1.54) is 0 Å². The Balaban J connectivity index is 2.74. The molecule has 1 aromatic rings. The van der Waals surface area contributed by atoms with Crippen LogP contribution in [0.3, 0.4) is 0 Å². The summed E-state index contributed by atoms with van der Waals surface area (Å²) in [6, 6.07) is 5.79. The monoisotopic (exact) mass is 290 g/mol. The van der Waals surface area contributed by atoms with Crippen molar-refractivity contribution >= 4 is 40.4 Å². The topological polar surface area (TPSA) is 29.3 Å². The zero-order valence-electron chi connectivity index (χ0n) is 9.91. The molecule has 0 spiro atoms. The van der Waals surface area contributed by atoms with E-state index in [4.69, 9.17) is 41.2 Å². The average molecular weight is 291 g/mol. The molecule has 17 heavy (non-hydrogen) atoms. The van der Waals surface area contributed by atoms with E-state index in [1.807, 2.05) is 25.2 Å². The van der Waals surface area contributed by atoms with Gasteiger partial charge in [-0.1, -0.05) is 41.5 Å². The lowest BCUT2D eigenvalue weighted by Gasteiger charge is -2.25. The number of hydrogen-bond acceptors (Lipinski definition) is 2. The first kappa shape index (κ1) is 14.7. The van der Waals surface area contributed by atoms with Crippen LogP contribution in [0, 0.1) is 0 Å². The maximum Gasteiger partial charge on any atom is 0.0742 e. The Morgan fingerprint density at radius 2 is 1.94 bits per heavy atom. The van der Waals surface area contributed by atoms with Crippen molar-refractivity contribution in [1.29, 1.82) is 0 Å². The van der Waals surface area contributed by atoms with Crippen LogP contribution in [0.4, 0.5) is 0 Å². The standard InChI is InChI=1S/C12H16Cl2N2S/c1-8(6-12(15)17)16(2)7-9-10(13)4-3-5-11(9)14/h3-5,8H,6-7H2,1-2H3,(H2,15,17). The summed E-state index contributed by atoms with van der Waals surface area (Å²) in [4.78, 5) is 2.65. The lowest BCUT2D eigenvalue weighted by molar-refractivity contribution is 0.255. The predicted molar refractivity (Wildman–Crippen MR) is 78.8 cm³/mol. The highest BCUT2D eigenvalue weighted by molar-refractivity contribution is 7.80. The van der Waals surface area contributed by atoms with E-state index >= 15 is 0 Å². The highest BCUT2D eigenvalue weighted by atomic mass is 35.5. The van der Waals surface area contributed by atoms with Crippen LogP contribution in [0.2, 0.25) is 10.0 Å². The number of nitrogens with two attached hydrogens (primary N) is 1. The van der Waals surface area contributed by atoms with Gasteiger partial charge >= 0.3 is 0 Å². The van der Waals surface area contributed by atoms with Crippen molar-refractivity contribution in [2.45, 2.75) is 25.9 Å². The van der Waals surface area contributed by atoms with Crippen LogP contribution < -0.4 is 5.73 Å². The van der Waals surface area contributed by atoms with Gasteiger partial charge in [0.1, 0.15) is 0 Å². The van der Waals surface area contributed by atoms with E-state index < -0.39 is 0 Å². The predicted octanol–water partition coefficient (Wildman–Crippen LogP) is 3.49. The Morgan fingerprint density at radius 3 is 2.41 bits per heavy atom. The van der Waals surface area contributed by atoms with Gasteiger partial charge in [-0.25, -0.2) is 0 Å². The third-order valence-corrected chi connectivity index (χ3v) is 3.59. The summed E-state index contributed by atoms with van der Waals surface area (Å²) in [6.07, 6.45) is 0.688. The van der Waals surface area contributed by atoms with Crippen LogP contribution in [0.5, 0.6) is 0 Å². The van der Waals surface area contributed by atoms with Gasteiger partial charge in [-0.05, 0) is 26.1 Å². The van der Waals surface area contributed by atoms with E-state index in [0.29, 0.717) is 28.0 Å². The Kier molecular flexibility index (Phi) is 5.67. The van der Waals surface area contributed by atoms with Crippen molar-refractivity contribution in [1.82, 2.24) is 4.90 Å². The smallest absolute Gasteiger partial charge is 0.0742 e. The van der Waals surface area contributed by atoms with Crippen molar-refractivity contribution in [2.24, 2.45) is 5.73 Å². The molecule has 0 radical (unpaired) electrons. The van der Waals surface area contributed by atoms with Crippen molar-refractivity contribution in [3.8, 4) is 0 Å². The maximum atomic E-state index is 6.12. The summed E-state index contributed by atoms with van der Waals surface area (Å²) in [5.74, 6) is 0. The average Bonchev–Trinajstić information content (AvgIpc) is 2.22. The Morgan fingerprint density at radius 1 is 1.41 bits per heavy atom. The number of rotatable bonds is 5. The Bertz CT molecular complexity index is 389. The summed E-state index contributed by atoms with van der Waals surface area (Å²) in [6.45, 7) is 2.76. The zero-order valence-corrected chi connectivity index (χ0v) is 12.2. The highest BCUT2D eigenvalue weighted by Gasteiger charge is 2.14. The molecule has 1 unspecified atom stereocenters. The molecule has 1 aromatic carbocycles. The summed E-state index contributed by atoms with van der Waals surface area (Å²) < 4.78 is 0. The summed E-state index contributed by atoms with van der Waals surface area (Å²) in [5.41, 5.74) is 6.48. The van der Waals surface area contributed by atoms with Gasteiger partial charge in [-0.15, -0.1) is 0 Å². The Labute approximate surface area is 118 Å². The molecule has 1 atom stereocenters. The van der Waals surface area contributed by atoms with Crippen LogP contribution in [0.1, 0.15) is 18.9 Å². The van der Waals surface area contributed by atoms with Crippen LogP contribution in [-0.4, -0.2) is 23.0 Å². The van der Waals surface area contributed by atoms with Gasteiger partial charge in [-0.3, -0.25) is 4.90 Å². The molecule has 0 aliphatic rings. The van der Waals surface area contributed by atoms with Gasteiger partial charge in [0.25, 0.3) is 0 Å². The number of thiocarbonyl (C=S) groups is 1. The normalized spacial score (nSPS) is 12.8. The van der Waals surface area contributed by atoms with Crippen molar-refractivity contribution in [2.75, 3.05) is 7.05 Å². The third-order valence-electron chi connectivity index (χ3n) is 2.72. The van der Waals surface area contributed by atoms with Crippen molar-refractivity contribution in [3.05, 3.63) is 33.8 Å². The van der Waals surface area contributed by atoms with Gasteiger partial charge in [0, 0.05) is 34.6 Å². The molecule has 0 amide bonds. The maximum absolute atomic E-state index is 6.12. The second-order valence-electron chi connectivity index (χ2n) is 4.13. The first-order chi connectivity index (χ1) is 7.91. The molecule has 0 saturated carbocycles.